The maximum atomic E-state index is 13.7. The van der Waals surface area contributed by atoms with Crippen molar-refractivity contribution in [3.05, 3.63) is 71.4 Å². The van der Waals surface area contributed by atoms with E-state index in [-0.39, 0.29) is 10.6 Å². The van der Waals surface area contributed by atoms with Crippen molar-refractivity contribution in [1.82, 2.24) is 14.8 Å². The molecule has 7 heteroatoms. The van der Waals surface area contributed by atoms with Gasteiger partial charge in [-0.3, -0.25) is 4.79 Å². The molecule has 0 radical (unpaired) electrons. The molecule has 0 aliphatic heterocycles. The van der Waals surface area contributed by atoms with Gasteiger partial charge in [-0.15, -0.1) is 0 Å². The van der Waals surface area contributed by atoms with Crippen molar-refractivity contribution in [3.8, 4) is 5.82 Å². The van der Waals surface area contributed by atoms with Crippen LogP contribution in [0.4, 0.5) is 10.1 Å². The smallest absolute Gasteiger partial charge is 0.258 e. The number of nitrogens with zero attached hydrogens (tertiary/aromatic N) is 3. The minimum absolute atomic E-state index is 0.136. The Hall–Kier alpha value is -2.73. The quantitative estimate of drug-likeness (QED) is 0.806. The molecular formula is C15H10ClFN4O. The summed E-state index contributed by atoms with van der Waals surface area (Å²) in [6, 6.07) is 8.86. The van der Waals surface area contributed by atoms with Gasteiger partial charge in [-0.1, -0.05) is 11.6 Å². The summed E-state index contributed by atoms with van der Waals surface area (Å²) in [5, 5.41) is 6.97. The lowest BCUT2D eigenvalue weighted by atomic mass is 10.2. The second-order valence-electron chi connectivity index (χ2n) is 4.40. The summed E-state index contributed by atoms with van der Waals surface area (Å²) in [6.07, 6.45) is 4.86. The number of hydrogen-bond acceptors (Lipinski definition) is 3. The van der Waals surface area contributed by atoms with E-state index >= 15 is 0 Å². The Bertz CT molecular complexity index is 820. The van der Waals surface area contributed by atoms with Gasteiger partial charge in [-0.2, -0.15) is 5.10 Å². The van der Waals surface area contributed by atoms with Crippen LogP contribution in [0, 0.1) is 5.82 Å². The van der Waals surface area contributed by atoms with Gasteiger partial charge in [0, 0.05) is 23.6 Å². The van der Waals surface area contributed by atoms with Gasteiger partial charge in [0.2, 0.25) is 0 Å². The first-order valence-electron chi connectivity index (χ1n) is 6.36. The van der Waals surface area contributed by atoms with Gasteiger partial charge in [0.1, 0.15) is 5.82 Å². The van der Waals surface area contributed by atoms with Gasteiger partial charge in [0.15, 0.2) is 5.82 Å². The first-order valence-corrected chi connectivity index (χ1v) is 6.74. The third kappa shape index (κ3) is 2.82. The zero-order valence-corrected chi connectivity index (χ0v) is 12.0. The number of pyridine rings is 1. The molecule has 0 atom stereocenters. The zero-order chi connectivity index (χ0) is 15.5. The molecule has 3 aromatic rings. The molecule has 1 amide bonds. The van der Waals surface area contributed by atoms with Crippen molar-refractivity contribution in [2.75, 3.05) is 5.32 Å². The van der Waals surface area contributed by atoms with E-state index in [1.165, 1.54) is 16.8 Å². The van der Waals surface area contributed by atoms with Crippen LogP contribution in [0.5, 0.6) is 0 Å². The fourth-order valence-electron chi connectivity index (χ4n) is 1.93. The number of carbonyl (C=O) groups is 1. The number of nitrogens with one attached hydrogen (secondary N) is 1. The van der Waals surface area contributed by atoms with Gasteiger partial charge >= 0.3 is 0 Å². The van der Waals surface area contributed by atoms with Crippen molar-refractivity contribution >= 4 is 23.2 Å². The average molecular weight is 317 g/mol. The normalized spacial score (nSPS) is 10.5. The van der Waals surface area contributed by atoms with Crippen molar-refractivity contribution in [3.63, 3.8) is 0 Å². The number of rotatable bonds is 3. The van der Waals surface area contributed by atoms with E-state index < -0.39 is 11.7 Å². The summed E-state index contributed by atoms with van der Waals surface area (Å²) >= 11 is 5.80. The summed E-state index contributed by atoms with van der Waals surface area (Å²) in [7, 11) is 0. The molecule has 2 aromatic heterocycles. The number of halogens is 2. The number of amides is 1. The molecule has 0 unspecified atom stereocenters. The van der Waals surface area contributed by atoms with Crippen molar-refractivity contribution in [1.29, 1.82) is 0 Å². The van der Waals surface area contributed by atoms with E-state index in [0.717, 1.165) is 6.07 Å². The Morgan fingerprint density at radius 2 is 2.09 bits per heavy atom. The summed E-state index contributed by atoms with van der Waals surface area (Å²) in [6.45, 7) is 0. The summed E-state index contributed by atoms with van der Waals surface area (Å²) < 4.78 is 15.2. The van der Waals surface area contributed by atoms with Gasteiger partial charge in [-0.25, -0.2) is 14.1 Å². The lowest BCUT2D eigenvalue weighted by Crippen LogP contribution is -2.16. The van der Waals surface area contributed by atoms with Crippen LogP contribution in [0.2, 0.25) is 5.02 Å². The first kappa shape index (κ1) is 14.2. The lowest BCUT2D eigenvalue weighted by molar-refractivity contribution is 0.102. The molecule has 110 valence electrons. The third-order valence-corrected chi connectivity index (χ3v) is 3.16. The molecule has 1 N–H and O–H groups in total. The van der Waals surface area contributed by atoms with E-state index in [1.807, 2.05) is 0 Å². The van der Waals surface area contributed by atoms with E-state index in [9.17, 15) is 9.18 Å². The summed E-state index contributed by atoms with van der Waals surface area (Å²) in [5.41, 5.74) is 0.276. The maximum Gasteiger partial charge on any atom is 0.258 e. The molecule has 0 saturated carbocycles. The van der Waals surface area contributed by atoms with Crippen LogP contribution in [0.15, 0.2) is 55.0 Å². The van der Waals surface area contributed by atoms with Gasteiger partial charge in [0.25, 0.3) is 5.91 Å². The van der Waals surface area contributed by atoms with Crippen LogP contribution in [-0.2, 0) is 0 Å². The molecule has 0 spiro atoms. The predicted octanol–water partition coefficient (Wildman–Crippen LogP) is 3.31. The average Bonchev–Trinajstić information content (AvgIpc) is 3.04. The molecule has 5 nitrogen and oxygen atoms in total. The van der Waals surface area contributed by atoms with E-state index in [0.29, 0.717) is 11.5 Å². The van der Waals surface area contributed by atoms with Crippen LogP contribution < -0.4 is 5.32 Å². The molecule has 0 bridgehead atoms. The van der Waals surface area contributed by atoms with E-state index in [4.69, 9.17) is 11.6 Å². The highest BCUT2D eigenvalue weighted by Crippen LogP contribution is 2.20. The Morgan fingerprint density at radius 1 is 1.23 bits per heavy atom. The number of benzene rings is 1. The number of carbonyl (C=O) groups excluding carboxylic acids is 1. The standard InChI is InChI=1S/C15H10ClFN4O/c16-10-4-5-12(17)11(9-10)15(22)20-13-3-1-6-18-14(13)21-8-2-7-19-21/h1-9H,(H,20,22). The minimum Gasteiger partial charge on any atom is -0.319 e. The molecule has 2 heterocycles. The van der Waals surface area contributed by atoms with Crippen molar-refractivity contribution in [2.45, 2.75) is 0 Å². The Morgan fingerprint density at radius 3 is 2.86 bits per heavy atom. The van der Waals surface area contributed by atoms with Crippen molar-refractivity contribution < 1.29 is 9.18 Å². The van der Waals surface area contributed by atoms with Crippen LogP contribution in [0.3, 0.4) is 0 Å². The zero-order valence-electron chi connectivity index (χ0n) is 11.2. The molecule has 1 aromatic carbocycles. The van der Waals surface area contributed by atoms with Gasteiger partial charge in [-0.05, 0) is 36.4 Å². The topological polar surface area (TPSA) is 59.8 Å². The summed E-state index contributed by atoms with van der Waals surface area (Å²) in [5.74, 6) is -0.823. The van der Waals surface area contributed by atoms with Gasteiger partial charge < -0.3 is 5.32 Å². The molecule has 3 rings (SSSR count). The molecule has 0 fully saturated rings. The largest absolute Gasteiger partial charge is 0.319 e. The Labute approximate surface area is 130 Å². The Balaban J connectivity index is 1.94. The second-order valence-corrected chi connectivity index (χ2v) is 4.84. The first-order chi connectivity index (χ1) is 10.6. The Kier molecular flexibility index (Phi) is 3.84. The monoisotopic (exact) mass is 316 g/mol. The molecular weight excluding hydrogens is 307 g/mol. The fraction of sp³-hybridized carbons (Fsp3) is 0. The highest BCUT2D eigenvalue weighted by atomic mass is 35.5. The highest BCUT2D eigenvalue weighted by Gasteiger charge is 2.15. The molecule has 22 heavy (non-hydrogen) atoms. The van der Waals surface area contributed by atoms with Crippen LogP contribution in [0.25, 0.3) is 5.82 Å². The second kappa shape index (κ2) is 5.95. The lowest BCUT2D eigenvalue weighted by Gasteiger charge is -2.10. The van der Waals surface area contributed by atoms with Crippen LogP contribution in [0.1, 0.15) is 10.4 Å². The fourth-order valence-corrected chi connectivity index (χ4v) is 2.10. The highest BCUT2D eigenvalue weighted by molar-refractivity contribution is 6.31. The van der Waals surface area contributed by atoms with Crippen LogP contribution in [-0.4, -0.2) is 20.7 Å². The maximum absolute atomic E-state index is 13.7. The molecule has 0 aliphatic carbocycles. The molecule has 0 aliphatic rings. The van der Waals surface area contributed by atoms with Crippen molar-refractivity contribution in [2.24, 2.45) is 0 Å². The van der Waals surface area contributed by atoms with E-state index in [1.54, 1.807) is 36.8 Å². The minimum atomic E-state index is -0.647. The predicted molar refractivity (Wildman–Crippen MR) is 80.7 cm³/mol. The SMILES string of the molecule is O=C(Nc1cccnc1-n1cccn1)c1cc(Cl)ccc1F. The van der Waals surface area contributed by atoms with Gasteiger partial charge in [0.05, 0.1) is 11.3 Å². The molecule has 0 saturated heterocycles. The number of anilines is 1. The third-order valence-electron chi connectivity index (χ3n) is 2.93. The number of hydrogen-bond donors (Lipinski definition) is 1. The number of aromatic nitrogens is 3. The summed E-state index contributed by atoms with van der Waals surface area (Å²) in [4.78, 5) is 16.4. The van der Waals surface area contributed by atoms with E-state index in [2.05, 4.69) is 15.4 Å². The van der Waals surface area contributed by atoms with Crippen LogP contribution >= 0.6 is 11.6 Å².